The lowest BCUT2D eigenvalue weighted by atomic mass is 10.1. The molecule has 1 aromatic rings. The number of carbonyl (C=O) groups is 2. The Labute approximate surface area is 136 Å². The van der Waals surface area contributed by atoms with Crippen molar-refractivity contribution in [3.63, 3.8) is 0 Å². The van der Waals surface area contributed by atoms with E-state index >= 15 is 0 Å². The quantitative estimate of drug-likeness (QED) is 0.890. The second-order valence-electron chi connectivity index (χ2n) is 6.76. The van der Waals surface area contributed by atoms with E-state index < -0.39 is 0 Å². The van der Waals surface area contributed by atoms with E-state index in [1.165, 1.54) is 12.8 Å². The van der Waals surface area contributed by atoms with Crippen LogP contribution in [0, 0.1) is 19.8 Å². The molecule has 2 fully saturated rings. The molecule has 7 heteroatoms. The Balaban J connectivity index is 1.51. The molecule has 0 bridgehead atoms. The number of amides is 3. The summed E-state index contributed by atoms with van der Waals surface area (Å²) >= 11 is 0. The van der Waals surface area contributed by atoms with Crippen molar-refractivity contribution in [1.82, 2.24) is 20.3 Å². The molecular weight excluding hydrogens is 296 g/mol. The van der Waals surface area contributed by atoms with Gasteiger partial charge in [0.15, 0.2) is 0 Å². The zero-order valence-electron chi connectivity index (χ0n) is 14.0. The Morgan fingerprint density at radius 3 is 2.78 bits per heavy atom. The first kappa shape index (κ1) is 15.8. The smallest absolute Gasteiger partial charge is 0.319 e. The second-order valence-corrected chi connectivity index (χ2v) is 6.76. The Morgan fingerprint density at radius 2 is 2.17 bits per heavy atom. The first-order valence-electron chi connectivity index (χ1n) is 8.19. The molecule has 0 spiro atoms. The molecule has 126 valence electrons. The van der Waals surface area contributed by atoms with E-state index in [0.717, 1.165) is 23.6 Å². The molecule has 1 aliphatic carbocycles. The maximum absolute atomic E-state index is 12.3. The minimum Gasteiger partial charge on any atom is -0.361 e. The monoisotopic (exact) mass is 320 g/mol. The number of hydrogen-bond acceptors (Lipinski definition) is 4. The molecule has 1 aromatic heterocycles. The van der Waals surface area contributed by atoms with Crippen molar-refractivity contribution in [1.29, 1.82) is 0 Å². The fourth-order valence-corrected chi connectivity index (χ4v) is 2.96. The van der Waals surface area contributed by atoms with Crippen molar-refractivity contribution in [3.05, 3.63) is 17.0 Å². The lowest BCUT2D eigenvalue weighted by molar-refractivity contribution is -0.126. The SMILES string of the molecule is Cc1noc(C)c1CC(C)NC(=O)N1CC(=O)N(CC2CC2)C1. The number of rotatable bonds is 5. The minimum absolute atomic E-state index is 0.0467. The molecular formula is C16H24N4O3. The summed E-state index contributed by atoms with van der Waals surface area (Å²) in [5.41, 5.74) is 1.89. The van der Waals surface area contributed by atoms with E-state index in [-0.39, 0.29) is 24.5 Å². The summed E-state index contributed by atoms with van der Waals surface area (Å²) in [6.07, 6.45) is 3.06. The van der Waals surface area contributed by atoms with Crippen LogP contribution in [0.3, 0.4) is 0 Å². The van der Waals surface area contributed by atoms with Gasteiger partial charge in [-0.05, 0) is 46.0 Å². The van der Waals surface area contributed by atoms with E-state index in [2.05, 4.69) is 10.5 Å². The molecule has 0 aromatic carbocycles. The van der Waals surface area contributed by atoms with Crippen LogP contribution in [0.5, 0.6) is 0 Å². The summed E-state index contributed by atoms with van der Waals surface area (Å²) < 4.78 is 5.15. The van der Waals surface area contributed by atoms with Crippen molar-refractivity contribution in [3.8, 4) is 0 Å². The van der Waals surface area contributed by atoms with Gasteiger partial charge in [-0.15, -0.1) is 0 Å². The molecule has 23 heavy (non-hydrogen) atoms. The van der Waals surface area contributed by atoms with Gasteiger partial charge in [-0.1, -0.05) is 5.16 Å². The van der Waals surface area contributed by atoms with Gasteiger partial charge in [0.05, 0.1) is 12.4 Å². The second kappa shape index (κ2) is 6.22. The summed E-state index contributed by atoms with van der Waals surface area (Å²) in [7, 11) is 0. The molecule has 2 aliphatic rings. The molecule has 1 N–H and O–H groups in total. The van der Waals surface area contributed by atoms with Crippen molar-refractivity contribution in [2.24, 2.45) is 5.92 Å². The summed E-state index contributed by atoms with van der Waals surface area (Å²) in [4.78, 5) is 27.7. The first-order valence-corrected chi connectivity index (χ1v) is 8.19. The zero-order valence-corrected chi connectivity index (χ0v) is 14.0. The van der Waals surface area contributed by atoms with Crippen LogP contribution in [-0.2, 0) is 11.2 Å². The Bertz CT molecular complexity index is 589. The van der Waals surface area contributed by atoms with Gasteiger partial charge in [0, 0.05) is 18.2 Å². The number of aryl methyl sites for hydroxylation is 2. The van der Waals surface area contributed by atoms with Gasteiger partial charge in [-0.25, -0.2) is 4.79 Å². The van der Waals surface area contributed by atoms with Crippen LogP contribution in [0.2, 0.25) is 0 Å². The topological polar surface area (TPSA) is 78.7 Å². The summed E-state index contributed by atoms with van der Waals surface area (Å²) in [6.45, 7) is 7.09. The van der Waals surface area contributed by atoms with Crippen LogP contribution in [0.4, 0.5) is 4.79 Å². The van der Waals surface area contributed by atoms with E-state index in [4.69, 9.17) is 4.52 Å². The van der Waals surface area contributed by atoms with Crippen LogP contribution >= 0.6 is 0 Å². The van der Waals surface area contributed by atoms with Crippen LogP contribution in [-0.4, -0.2) is 52.7 Å². The Morgan fingerprint density at radius 1 is 1.43 bits per heavy atom. The largest absolute Gasteiger partial charge is 0.361 e. The molecule has 2 heterocycles. The van der Waals surface area contributed by atoms with Crippen LogP contribution < -0.4 is 5.32 Å². The Kier molecular flexibility index (Phi) is 4.28. The molecule has 1 unspecified atom stereocenters. The molecule has 3 rings (SSSR count). The van der Waals surface area contributed by atoms with Gasteiger partial charge in [-0.3, -0.25) is 9.69 Å². The highest BCUT2D eigenvalue weighted by atomic mass is 16.5. The maximum Gasteiger partial charge on any atom is 0.319 e. The number of urea groups is 1. The highest BCUT2D eigenvalue weighted by molar-refractivity contribution is 5.87. The molecule has 3 amide bonds. The average Bonchev–Trinajstić information content (AvgIpc) is 3.17. The molecule has 1 saturated carbocycles. The van der Waals surface area contributed by atoms with E-state index in [1.807, 2.05) is 20.8 Å². The van der Waals surface area contributed by atoms with Crippen LogP contribution in [0.1, 0.15) is 36.8 Å². The highest BCUT2D eigenvalue weighted by Gasteiger charge is 2.35. The zero-order chi connectivity index (χ0) is 16.6. The maximum atomic E-state index is 12.3. The van der Waals surface area contributed by atoms with Crippen molar-refractivity contribution in [2.45, 2.75) is 46.1 Å². The first-order chi connectivity index (χ1) is 10.9. The van der Waals surface area contributed by atoms with E-state index in [9.17, 15) is 9.59 Å². The summed E-state index contributed by atoms with van der Waals surface area (Å²) in [5, 5.41) is 6.89. The van der Waals surface area contributed by atoms with Gasteiger partial charge < -0.3 is 14.7 Å². The lowest BCUT2D eigenvalue weighted by Gasteiger charge is -2.21. The van der Waals surface area contributed by atoms with E-state index in [0.29, 0.717) is 19.0 Å². The van der Waals surface area contributed by atoms with E-state index in [1.54, 1.807) is 9.80 Å². The third-order valence-corrected chi connectivity index (χ3v) is 4.54. The van der Waals surface area contributed by atoms with Crippen LogP contribution in [0.25, 0.3) is 0 Å². The van der Waals surface area contributed by atoms with Gasteiger partial charge in [0.25, 0.3) is 0 Å². The minimum atomic E-state index is -0.184. The molecule has 1 saturated heterocycles. The highest BCUT2D eigenvalue weighted by Crippen LogP contribution is 2.30. The lowest BCUT2D eigenvalue weighted by Crippen LogP contribution is -2.44. The van der Waals surface area contributed by atoms with Gasteiger partial charge in [0.1, 0.15) is 12.3 Å². The predicted octanol–water partition coefficient (Wildman–Crippen LogP) is 1.44. The number of nitrogens with zero attached hydrogens (tertiary/aromatic N) is 3. The van der Waals surface area contributed by atoms with Crippen molar-refractivity contribution >= 4 is 11.9 Å². The average molecular weight is 320 g/mol. The molecule has 7 nitrogen and oxygen atoms in total. The summed E-state index contributed by atoms with van der Waals surface area (Å²) in [5.74, 6) is 1.47. The number of aromatic nitrogens is 1. The van der Waals surface area contributed by atoms with Gasteiger partial charge in [-0.2, -0.15) is 0 Å². The molecule has 1 atom stereocenters. The third-order valence-electron chi connectivity index (χ3n) is 4.54. The Hall–Kier alpha value is -2.05. The van der Waals surface area contributed by atoms with Gasteiger partial charge >= 0.3 is 6.03 Å². The normalized spacial score (nSPS) is 19.3. The molecule has 0 radical (unpaired) electrons. The van der Waals surface area contributed by atoms with Crippen molar-refractivity contribution in [2.75, 3.05) is 19.8 Å². The fourth-order valence-electron chi connectivity index (χ4n) is 2.96. The fraction of sp³-hybridized carbons (Fsp3) is 0.688. The number of hydrogen-bond donors (Lipinski definition) is 1. The van der Waals surface area contributed by atoms with Crippen molar-refractivity contribution < 1.29 is 14.1 Å². The van der Waals surface area contributed by atoms with Crippen LogP contribution in [0.15, 0.2) is 4.52 Å². The number of carbonyl (C=O) groups excluding carboxylic acids is 2. The molecule has 1 aliphatic heterocycles. The predicted molar refractivity (Wildman–Crippen MR) is 83.7 cm³/mol. The standard InChI is InChI=1S/C16H24N4O3/c1-10(6-14-11(2)18-23-12(14)3)17-16(22)20-8-15(21)19(9-20)7-13-4-5-13/h10,13H,4-9H2,1-3H3,(H,17,22). The number of nitrogens with one attached hydrogen (secondary N) is 1. The third kappa shape index (κ3) is 3.65. The summed E-state index contributed by atoms with van der Waals surface area (Å²) in [6, 6.07) is -0.234. The van der Waals surface area contributed by atoms with Gasteiger partial charge in [0.2, 0.25) is 5.91 Å².